The molecule has 0 fully saturated rings. The molecule has 0 aromatic carbocycles. The first-order valence-electron chi connectivity index (χ1n) is 6.59. The van der Waals surface area contributed by atoms with Gasteiger partial charge in [-0.05, 0) is 12.1 Å². The van der Waals surface area contributed by atoms with E-state index in [4.69, 9.17) is 5.26 Å². The summed E-state index contributed by atoms with van der Waals surface area (Å²) in [4.78, 5) is 3.71. The molecule has 0 aliphatic heterocycles. The molecule has 2 nitrogen and oxygen atoms in total. The molecule has 0 spiro atoms. The van der Waals surface area contributed by atoms with Gasteiger partial charge in [-0.15, -0.1) is 0 Å². The van der Waals surface area contributed by atoms with E-state index in [0.717, 1.165) is 0 Å². The average molecular weight is 507 g/mol. The van der Waals surface area contributed by atoms with E-state index in [2.05, 4.69) is 36.8 Å². The van der Waals surface area contributed by atoms with Crippen molar-refractivity contribution in [1.82, 2.24) is 4.98 Å². The summed E-state index contributed by atoms with van der Waals surface area (Å²) in [7, 11) is 0. The lowest BCUT2D eigenvalue weighted by atomic mass is 9.82. The maximum absolute atomic E-state index is 14.4. The number of rotatable bonds is 2. The monoisotopic (exact) mass is 505 g/mol. The fourth-order valence-corrected chi connectivity index (χ4v) is 4.07. The molecule has 0 saturated carbocycles. The molecule has 0 saturated heterocycles. The molecule has 1 aliphatic rings. The molecule has 26 heavy (non-hydrogen) atoms. The van der Waals surface area contributed by atoms with Gasteiger partial charge in [0.1, 0.15) is 11.8 Å². The molecular formula is C15H6Br2F7N2. The summed E-state index contributed by atoms with van der Waals surface area (Å²) in [6.45, 7) is 0. The van der Waals surface area contributed by atoms with Crippen molar-refractivity contribution in [1.29, 1.82) is 5.26 Å². The summed E-state index contributed by atoms with van der Waals surface area (Å²) in [5, 5.41) is 9.09. The molecule has 0 amide bonds. The highest BCUT2D eigenvalue weighted by molar-refractivity contribution is 9.12. The molecule has 1 aromatic rings. The highest BCUT2D eigenvalue weighted by Gasteiger charge is 2.74. The number of allylic oxidation sites excluding steroid dienone is 4. The van der Waals surface area contributed by atoms with Crippen LogP contribution in [0.15, 0.2) is 40.5 Å². The van der Waals surface area contributed by atoms with Crippen LogP contribution in [0, 0.1) is 17.8 Å². The van der Waals surface area contributed by atoms with E-state index in [9.17, 15) is 30.7 Å². The Morgan fingerprint density at radius 1 is 1.08 bits per heavy atom. The van der Waals surface area contributed by atoms with E-state index in [1.807, 2.05) is 0 Å². The predicted molar refractivity (Wildman–Crippen MR) is 84.9 cm³/mol. The molecule has 1 radical (unpaired) electrons. The number of hydrogen-bond acceptors (Lipinski definition) is 2. The van der Waals surface area contributed by atoms with Crippen LogP contribution in [0.25, 0.3) is 0 Å². The number of pyridine rings is 1. The second kappa shape index (κ2) is 6.64. The van der Waals surface area contributed by atoms with Crippen molar-refractivity contribution in [3.05, 3.63) is 58.2 Å². The molecule has 11 heteroatoms. The van der Waals surface area contributed by atoms with Crippen LogP contribution in [0.4, 0.5) is 30.7 Å². The highest BCUT2D eigenvalue weighted by Crippen LogP contribution is 2.55. The highest BCUT2D eigenvalue weighted by atomic mass is 79.9. The molecule has 1 aliphatic carbocycles. The smallest absolute Gasteiger partial charge is 0.245 e. The van der Waals surface area contributed by atoms with Gasteiger partial charge in [0.15, 0.2) is 0 Å². The van der Waals surface area contributed by atoms with Gasteiger partial charge < -0.3 is 0 Å². The molecule has 0 bridgehead atoms. The molecule has 1 aromatic heterocycles. The van der Waals surface area contributed by atoms with Crippen molar-refractivity contribution in [2.45, 2.75) is 22.3 Å². The number of nitrogens with zero attached hydrogens (tertiary/aromatic N) is 2. The van der Waals surface area contributed by atoms with Gasteiger partial charge in [0.05, 0.1) is 4.32 Å². The Labute approximate surface area is 159 Å². The number of hydrogen-bond donors (Lipinski definition) is 0. The molecule has 0 N–H and O–H groups in total. The van der Waals surface area contributed by atoms with Crippen LogP contribution in [-0.2, 0) is 4.32 Å². The van der Waals surface area contributed by atoms with Crippen molar-refractivity contribution < 1.29 is 30.7 Å². The maximum atomic E-state index is 14.4. The van der Waals surface area contributed by atoms with Crippen LogP contribution in [0.2, 0.25) is 0 Å². The maximum Gasteiger partial charge on any atom is 0.435 e. The van der Waals surface area contributed by atoms with Crippen molar-refractivity contribution in [2.24, 2.45) is 0 Å². The minimum absolute atomic E-state index is 0.0447. The SMILES string of the molecule is N#Cc1ncccc1C1(Br)[CH]C(Br)=CC(C(F)(C(F)(F)F)C(F)(F)F)=C1. The van der Waals surface area contributed by atoms with Gasteiger partial charge in [-0.3, -0.25) is 0 Å². The fourth-order valence-electron chi connectivity index (χ4n) is 2.35. The predicted octanol–water partition coefficient (Wildman–Crippen LogP) is 5.80. The summed E-state index contributed by atoms with van der Waals surface area (Å²) in [5.41, 5.74) is -7.56. The topological polar surface area (TPSA) is 36.7 Å². The summed E-state index contributed by atoms with van der Waals surface area (Å²) < 4.78 is 90.6. The van der Waals surface area contributed by atoms with E-state index in [1.165, 1.54) is 24.8 Å². The zero-order chi connectivity index (χ0) is 20.0. The van der Waals surface area contributed by atoms with Crippen molar-refractivity contribution >= 4 is 31.9 Å². The molecule has 1 heterocycles. The second-order valence-electron chi connectivity index (χ2n) is 5.21. The third-order valence-corrected chi connectivity index (χ3v) is 4.86. The molecule has 2 rings (SSSR count). The third-order valence-electron chi connectivity index (χ3n) is 3.51. The van der Waals surface area contributed by atoms with Gasteiger partial charge in [0, 0.05) is 28.2 Å². The van der Waals surface area contributed by atoms with Gasteiger partial charge >= 0.3 is 18.0 Å². The third kappa shape index (κ3) is 3.41. The Morgan fingerprint density at radius 3 is 2.15 bits per heavy atom. The first kappa shape index (κ1) is 20.9. The van der Waals surface area contributed by atoms with E-state index in [1.54, 1.807) is 6.07 Å². The van der Waals surface area contributed by atoms with Crippen LogP contribution in [0.5, 0.6) is 0 Å². The zero-order valence-corrected chi connectivity index (χ0v) is 15.4. The van der Waals surface area contributed by atoms with Crippen LogP contribution < -0.4 is 0 Å². The number of halogens is 9. The standard InChI is InChI=1S/C15H6Br2F7N2/c16-9-4-8(13(18,14(19,20)21)15(22,23)24)5-12(17,6-9)10-2-1-3-26-11(10)7-25/h1-6H. The van der Waals surface area contributed by atoms with E-state index in [-0.39, 0.29) is 15.7 Å². The van der Waals surface area contributed by atoms with Gasteiger partial charge in [-0.2, -0.15) is 31.6 Å². The Bertz CT molecular complexity index is 807. The Hall–Kier alpha value is -1.41. The molecule has 1 unspecified atom stereocenters. The Balaban J connectivity index is 2.75. The zero-order valence-electron chi connectivity index (χ0n) is 12.3. The lowest BCUT2D eigenvalue weighted by molar-refractivity contribution is -0.325. The summed E-state index contributed by atoms with van der Waals surface area (Å²) in [5.74, 6) is 0. The van der Waals surface area contributed by atoms with Crippen LogP contribution in [-0.4, -0.2) is 23.0 Å². The quantitative estimate of drug-likeness (QED) is 0.375. The van der Waals surface area contributed by atoms with E-state index < -0.39 is 27.9 Å². The van der Waals surface area contributed by atoms with Gasteiger partial charge in [0.2, 0.25) is 0 Å². The van der Waals surface area contributed by atoms with Crippen molar-refractivity contribution in [2.75, 3.05) is 0 Å². The fraction of sp³-hybridized carbons (Fsp3) is 0.267. The van der Waals surface area contributed by atoms with Crippen molar-refractivity contribution in [3.8, 4) is 6.07 Å². The lowest BCUT2D eigenvalue weighted by Gasteiger charge is -2.36. The van der Waals surface area contributed by atoms with Gasteiger partial charge in [-0.1, -0.05) is 44.0 Å². The first-order chi connectivity index (χ1) is 11.8. The normalized spacial score (nSPS) is 21.7. The van der Waals surface area contributed by atoms with Crippen LogP contribution in [0.3, 0.4) is 0 Å². The Kier molecular flexibility index (Phi) is 5.33. The number of nitriles is 1. The average Bonchev–Trinajstić information content (AvgIpc) is 2.51. The Morgan fingerprint density at radius 2 is 1.65 bits per heavy atom. The first-order valence-corrected chi connectivity index (χ1v) is 8.18. The van der Waals surface area contributed by atoms with Crippen LogP contribution >= 0.6 is 31.9 Å². The summed E-state index contributed by atoms with van der Waals surface area (Å²) in [6, 6.07) is 4.30. The molecule has 1 atom stereocenters. The largest absolute Gasteiger partial charge is 0.435 e. The van der Waals surface area contributed by atoms with Gasteiger partial charge in [-0.25, -0.2) is 9.37 Å². The number of alkyl halides is 8. The summed E-state index contributed by atoms with van der Waals surface area (Å²) in [6.07, 6.45) is -9.28. The molecular weight excluding hydrogens is 501 g/mol. The van der Waals surface area contributed by atoms with E-state index >= 15 is 0 Å². The minimum atomic E-state index is -6.25. The lowest BCUT2D eigenvalue weighted by Crippen LogP contribution is -2.55. The molecule has 139 valence electrons. The van der Waals surface area contributed by atoms with Crippen molar-refractivity contribution in [3.63, 3.8) is 0 Å². The van der Waals surface area contributed by atoms with Crippen LogP contribution in [0.1, 0.15) is 11.3 Å². The number of aromatic nitrogens is 1. The van der Waals surface area contributed by atoms with E-state index in [0.29, 0.717) is 12.2 Å². The van der Waals surface area contributed by atoms with Gasteiger partial charge in [0.25, 0.3) is 0 Å². The minimum Gasteiger partial charge on any atom is -0.245 e. The second-order valence-corrected chi connectivity index (χ2v) is 7.43. The summed E-state index contributed by atoms with van der Waals surface area (Å²) >= 11 is 5.81.